The molecule has 0 heterocycles. The summed E-state index contributed by atoms with van der Waals surface area (Å²) in [4.78, 5) is 11.4. The molecule has 0 saturated heterocycles. The van der Waals surface area contributed by atoms with Gasteiger partial charge < -0.3 is 5.32 Å². The van der Waals surface area contributed by atoms with Gasteiger partial charge in [-0.25, -0.2) is 5.43 Å². The Bertz CT molecular complexity index is 330. The molecule has 0 aromatic heterocycles. The Hall–Kier alpha value is -1.10. The van der Waals surface area contributed by atoms with Crippen molar-refractivity contribution >= 4 is 23.2 Å². The topological polar surface area (TPSA) is 67.1 Å². The van der Waals surface area contributed by atoms with E-state index < -0.39 is 6.04 Å². The number of hydrogen-bond donors (Lipinski definition) is 3. The maximum Gasteiger partial charge on any atom is 0.242 e. The number of nitrogens with one attached hydrogen (secondary N) is 2. The van der Waals surface area contributed by atoms with Crippen molar-refractivity contribution in [2.24, 2.45) is 5.84 Å². The van der Waals surface area contributed by atoms with Gasteiger partial charge in [0.05, 0.1) is 6.04 Å². The third-order valence-corrected chi connectivity index (χ3v) is 1.97. The van der Waals surface area contributed by atoms with E-state index in [1.807, 2.05) is 0 Å². The number of anilines is 1. The second-order valence-corrected chi connectivity index (χ2v) is 3.32. The summed E-state index contributed by atoms with van der Waals surface area (Å²) in [5, 5.41) is 3.25. The minimum absolute atomic E-state index is 0.199. The van der Waals surface area contributed by atoms with Crippen molar-refractivity contribution in [1.29, 1.82) is 0 Å². The van der Waals surface area contributed by atoms with Crippen molar-refractivity contribution in [2.45, 2.75) is 13.0 Å². The van der Waals surface area contributed by atoms with Crippen molar-refractivity contribution in [2.75, 3.05) is 5.32 Å². The standard InChI is InChI=1S/C9H12ClN3O/c1-6(13-11)9(14)12-8-4-2-3-7(10)5-8/h2-6,13H,11H2,1H3,(H,12,14)/t6-/m0/s1. The Labute approximate surface area is 87.4 Å². The van der Waals surface area contributed by atoms with Crippen LogP contribution < -0.4 is 16.6 Å². The molecular weight excluding hydrogens is 202 g/mol. The van der Waals surface area contributed by atoms with Crippen LogP contribution in [0.4, 0.5) is 5.69 Å². The predicted molar refractivity (Wildman–Crippen MR) is 56.9 cm³/mol. The number of hydrogen-bond acceptors (Lipinski definition) is 3. The second kappa shape index (κ2) is 4.95. The summed E-state index contributed by atoms with van der Waals surface area (Å²) in [6, 6.07) is 6.49. The summed E-state index contributed by atoms with van der Waals surface area (Å²) in [5.74, 6) is 4.92. The Balaban J connectivity index is 2.65. The number of carbonyl (C=O) groups excluding carboxylic acids is 1. The number of carbonyl (C=O) groups is 1. The molecule has 5 heteroatoms. The van der Waals surface area contributed by atoms with E-state index in [-0.39, 0.29) is 5.91 Å². The van der Waals surface area contributed by atoms with Gasteiger partial charge in [0.1, 0.15) is 0 Å². The third kappa shape index (κ3) is 2.99. The third-order valence-electron chi connectivity index (χ3n) is 1.74. The molecule has 0 bridgehead atoms. The molecule has 0 aliphatic carbocycles. The first-order chi connectivity index (χ1) is 6.63. The van der Waals surface area contributed by atoms with E-state index >= 15 is 0 Å². The predicted octanol–water partition coefficient (Wildman–Crippen LogP) is 1.13. The molecular formula is C9H12ClN3O. The summed E-state index contributed by atoms with van der Waals surface area (Å²) in [5.41, 5.74) is 3.01. The molecule has 0 radical (unpaired) electrons. The summed E-state index contributed by atoms with van der Waals surface area (Å²) in [6.07, 6.45) is 0. The average Bonchev–Trinajstić information content (AvgIpc) is 2.16. The smallest absolute Gasteiger partial charge is 0.242 e. The molecule has 1 rings (SSSR count). The lowest BCUT2D eigenvalue weighted by atomic mass is 10.3. The Morgan fingerprint density at radius 2 is 2.29 bits per heavy atom. The second-order valence-electron chi connectivity index (χ2n) is 2.89. The fraction of sp³-hybridized carbons (Fsp3) is 0.222. The fourth-order valence-corrected chi connectivity index (χ4v) is 1.08. The van der Waals surface area contributed by atoms with Gasteiger partial charge in [0, 0.05) is 10.7 Å². The first kappa shape index (κ1) is 11.0. The van der Waals surface area contributed by atoms with Crippen LogP contribution in [0, 0.1) is 0 Å². The summed E-state index contributed by atoms with van der Waals surface area (Å²) >= 11 is 5.75. The molecule has 0 spiro atoms. The SMILES string of the molecule is C[C@H](NN)C(=O)Nc1cccc(Cl)c1. The van der Waals surface area contributed by atoms with Crippen LogP contribution in [0.15, 0.2) is 24.3 Å². The highest BCUT2D eigenvalue weighted by molar-refractivity contribution is 6.30. The first-order valence-electron chi connectivity index (χ1n) is 4.16. The maximum absolute atomic E-state index is 11.4. The maximum atomic E-state index is 11.4. The zero-order valence-corrected chi connectivity index (χ0v) is 8.51. The van der Waals surface area contributed by atoms with Crippen LogP contribution in [0.5, 0.6) is 0 Å². The Kier molecular flexibility index (Phi) is 3.88. The zero-order chi connectivity index (χ0) is 10.6. The average molecular weight is 214 g/mol. The molecule has 1 aromatic carbocycles. The van der Waals surface area contributed by atoms with E-state index in [9.17, 15) is 4.79 Å². The number of rotatable bonds is 3. The van der Waals surface area contributed by atoms with Gasteiger partial charge in [-0.1, -0.05) is 17.7 Å². The van der Waals surface area contributed by atoms with E-state index in [2.05, 4.69) is 10.7 Å². The largest absolute Gasteiger partial charge is 0.325 e. The molecule has 1 amide bonds. The molecule has 1 atom stereocenters. The molecule has 0 unspecified atom stereocenters. The molecule has 0 aliphatic rings. The Morgan fingerprint density at radius 1 is 1.57 bits per heavy atom. The van der Waals surface area contributed by atoms with Crippen LogP contribution in [-0.4, -0.2) is 11.9 Å². The van der Waals surface area contributed by atoms with Gasteiger partial charge >= 0.3 is 0 Å². The highest BCUT2D eigenvalue weighted by Crippen LogP contribution is 2.14. The van der Waals surface area contributed by atoms with Crippen LogP contribution in [-0.2, 0) is 4.79 Å². The first-order valence-corrected chi connectivity index (χ1v) is 4.54. The summed E-state index contributed by atoms with van der Waals surface area (Å²) in [6.45, 7) is 1.67. The van der Waals surface area contributed by atoms with E-state index in [1.54, 1.807) is 31.2 Å². The molecule has 0 saturated carbocycles. The zero-order valence-electron chi connectivity index (χ0n) is 7.75. The molecule has 14 heavy (non-hydrogen) atoms. The van der Waals surface area contributed by atoms with Crippen LogP contribution >= 0.6 is 11.6 Å². The van der Waals surface area contributed by atoms with Gasteiger partial charge in [0.25, 0.3) is 0 Å². The molecule has 1 aromatic rings. The van der Waals surface area contributed by atoms with Gasteiger partial charge in [-0.3, -0.25) is 10.6 Å². The van der Waals surface area contributed by atoms with E-state index in [1.165, 1.54) is 0 Å². The van der Waals surface area contributed by atoms with E-state index in [0.29, 0.717) is 10.7 Å². The van der Waals surface area contributed by atoms with Gasteiger partial charge in [-0.15, -0.1) is 0 Å². The van der Waals surface area contributed by atoms with Crippen molar-refractivity contribution in [1.82, 2.24) is 5.43 Å². The monoisotopic (exact) mass is 213 g/mol. The summed E-state index contributed by atoms with van der Waals surface area (Å²) in [7, 11) is 0. The number of hydrazine groups is 1. The van der Waals surface area contributed by atoms with Gasteiger partial charge in [-0.2, -0.15) is 0 Å². The Morgan fingerprint density at radius 3 is 2.86 bits per heavy atom. The van der Waals surface area contributed by atoms with Crippen molar-refractivity contribution in [3.63, 3.8) is 0 Å². The number of nitrogens with two attached hydrogens (primary N) is 1. The van der Waals surface area contributed by atoms with Crippen LogP contribution in [0.2, 0.25) is 5.02 Å². The lowest BCUT2D eigenvalue weighted by Crippen LogP contribution is -2.42. The minimum atomic E-state index is -0.436. The number of amides is 1. The van der Waals surface area contributed by atoms with E-state index in [4.69, 9.17) is 17.4 Å². The van der Waals surface area contributed by atoms with Gasteiger partial charge in [-0.05, 0) is 25.1 Å². The highest BCUT2D eigenvalue weighted by Gasteiger charge is 2.10. The molecule has 0 aliphatic heterocycles. The highest BCUT2D eigenvalue weighted by atomic mass is 35.5. The van der Waals surface area contributed by atoms with Gasteiger partial charge in [0.15, 0.2) is 0 Å². The molecule has 4 N–H and O–H groups in total. The van der Waals surface area contributed by atoms with Gasteiger partial charge in [0.2, 0.25) is 5.91 Å². The van der Waals surface area contributed by atoms with Crippen LogP contribution in [0.25, 0.3) is 0 Å². The molecule has 0 fully saturated rings. The van der Waals surface area contributed by atoms with Crippen molar-refractivity contribution in [3.8, 4) is 0 Å². The summed E-state index contributed by atoms with van der Waals surface area (Å²) < 4.78 is 0. The van der Waals surface area contributed by atoms with Crippen LogP contribution in [0.1, 0.15) is 6.92 Å². The quantitative estimate of drug-likeness (QED) is 0.521. The molecule has 4 nitrogen and oxygen atoms in total. The van der Waals surface area contributed by atoms with Crippen LogP contribution in [0.3, 0.4) is 0 Å². The fourth-order valence-electron chi connectivity index (χ4n) is 0.892. The minimum Gasteiger partial charge on any atom is -0.325 e. The van der Waals surface area contributed by atoms with Crippen molar-refractivity contribution < 1.29 is 4.79 Å². The normalized spacial score (nSPS) is 12.2. The van der Waals surface area contributed by atoms with E-state index in [0.717, 1.165) is 0 Å². The number of halogens is 1. The molecule has 76 valence electrons. The van der Waals surface area contributed by atoms with Crippen molar-refractivity contribution in [3.05, 3.63) is 29.3 Å². The lowest BCUT2D eigenvalue weighted by molar-refractivity contribution is -0.117. The lowest BCUT2D eigenvalue weighted by Gasteiger charge is -2.10. The number of benzene rings is 1.